The minimum absolute atomic E-state index is 0.722. The monoisotopic (exact) mass is 282 g/mol. The molecule has 0 atom stereocenters. The number of hydrogen-bond acceptors (Lipinski definition) is 4. The first kappa shape index (κ1) is 12.7. The van der Waals surface area contributed by atoms with E-state index in [1.54, 1.807) is 23.5 Å². The first-order valence-corrected chi connectivity index (χ1v) is 7.78. The zero-order chi connectivity index (χ0) is 12.3. The molecule has 1 aromatic heterocycles. The van der Waals surface area contributed by atoms with Crippen LogP contribution in [0.1, 0.15) is 0 Å². The molecule has 2 aromatic rings. The van der Waals surface area contributed by atoms with E-state index in [0.29, 0.717) is 0 Å². The third-order valence-electron chi connectivity index (χ3n) is 2.20. The van der Waals surface area contributed by atoms with Crippen molar-refractivity contribution in [3.8, 4) is 11.4 Å². The van der Waals surface area contributed by atoms with E-state index in [9.17, 15) is 0 Å². The van der Waals surface area contributed by atoms with Crippen LogP contribution in [-0.2, 0) is 0 Å². The van der Waals surface area contributed by atoms with Gasteiger partial charge in [0, 0.05) is 16.7 Å². The highest BCUT2D eigenvalue weighted by Crippen LogP contribution is 2.24. The molecule has 0 unspecified atom stereocenters. The van der Waals surface area contributed by atoms with Gasteiger partial charge < -0.3 is 0 Å². The third-order valence-corrected chi connectivity index (χ3v) is 3.71. The van der Waals surface area contributed by atoms with Crippen molar-refractivity contribution in [3.05, 3.63) is 35.4 Å². The van der Waals surface area contributed by atoms with E-state index in [2.05, 4.69) is 9.97 Å². The Kier molecular flexibility index (Phi) is 4.31. The fraction of sp³-hybridized carbons (Fsp3) is 0.167. The Morgan fingerprint density at radius 2 is 1.47 bits per heavy atom. The van der Waals surface area contributed by atoms with Crippen LogP contribution < -0.4 is 0 Å². The van der Waals surface area contributed by atoms with Crippen molar-refractivity contribution < 1.29 is 0 Å². The van der Waals surface area contributed by atoms with Crippen LogP contribution >= 0.6 is 35.1 Å². The van der Waals surface area contributed by atoms with Gasteiger partial charge in [0.05, 0.1) is 0 Å². The predicted octanol–water partition coefficient (Wildman–Crippen LogP) is 4.24. The van der Waals surface area contributed by atoms with Crippen LogP contribution in [0.5, 0.6) is 0 Å². The van der Waals surface area contributed by atoms with Crippen LogP contribution in [-0.4, -0.2) is 22.5 Å². The first-order valence-electron chi connectivity index (χ1n) is 4.96. The summed E-state index contributed by atoms with van der Waals surface area (Å²) in [4.78, 5) is 8.99. The fourth-order valence-corrected chi connectivity index (χ4v) is 2.36. The number of hydrogen-bond donors (Lipinski definition) is 0. The Morgan fingerprint density at radius 3 is 1.94 bits per heavy atom. The average Bonchev–Trinajstić information content (AvgIpc) is 2.39. The van der Waals surface area contributed by atoms with E-state index in [-0.39, 0.29) is 0 Å². The van der Waals surface area contributed by atoms with E-state index in [0.717, 1.165) is 26.5 Å². The average molecular weight is 283 g/mol. The normalized spacial score (nSPS) is 10.5. The Hall–Kier alpha value is -0.710. The van der Waals surface area contributed by atoms with Gasteiger partial charge in [0.25, 0.3) is 0 Å². The van der Waals surface area contributed by atoms with Gasteiger partial charge in [0.2, 0.25) is 0 Å². The van der Waals surface area contributed by atoms with Gasteiger partial charge in [0.15, 0.2) is 5.82 Å². The van der Waals surface area contributed by atoms with E-state index in [1.165, 1.54) is 0 Å². The Labute approximate surface area is 114 Å². The molecular weight excluding hydrogens is 272 g/mol. The molecule has 0 bridgehead atoms. The minimum Gasteiger partial charge on any atom is -0.222 e. The maximum Gasteiger partial charge on any atom is 0.161 e. The third kappa shape index (κ3) is 3.15. The van der Waals surface area contributed by atoms with Crippen LogP contribution in [0.3, 0.4) is 0 Å². The minimum atomic E-state index is 0.722. The standard InChI is InChI=1S/C12H11ClN2S2/c1-16-10-7-11(17-2)15-12(14-10)8-3-5-9(13)6-4-8/h3-7H,1-2H3. The van der Waals surface area contributed by atoms with Gasteiger partial charge in [-0.2, -0.15) is 0 Å². The second-order valence-corrected chi connectivity index (χ2v) is 5.37. The number of thioether (sulfide) groups is 2. The lowest BCUT2D eigenvalue weighted by molar-refractivity contribution is 0.978. The van der Waals surface area contributed by atoms with E-state index >= 15 is 0 Å². The molecule has 0 spiro atoms. The SMILES string of the molecule is CSc1cc(SC)nc(-c2ccc(Cl)cc2)n1. The predicted molar refractivity (Wildman–Crippen MR) is 76.0 cm³/mol. The molecule has 0 saturated heterocycles. The lowest BCUT2D eigenvalue weighted by atomic mass is 10.2. The summed E-state index contributed by atoms with van der Waals surface area (Å²) in [6.07, 6.45) is 4.02. The van der Waals surface area contributed by atoms with Gasteiger partial charge in [-0.25, -0.2) is 9.97 Å². The maximum atomic E-state index is 5.87. The second kappa shape index (κ2) is 5.76. The number of aromatic nitrogens is 2. The Morgan fingerprint density at radius 1 is 0.941 bits per heavy atom. The van der Waals surface area contributed by atoms with Crippen LogP contribution in [0.4, 0.5) is 0 Å². The fourth-order valence-electron chi connectivity index (χ4n) is 1.34. The van der Waals surface area contributed by atoms with Crippen molar-refractivity contribution in [2.45, 2.75) is 10.1 Å². The van der Waals surface area contributed by atoms with Gasteiger partial charge in [-0.3, -0.25) is 0 Å². The Bertz CT molecular complexity index is 492. The molecule has 0 aliphatic carbocycles. The van der Waals surface area contributed by atoms with Crippen molar-refractivity contribution in [1.82, 2.24) is 9.97 Å². The molecule has 0 aliphatic heterocycles. The van der Waals surface area contributed by atoms with E-state index < -0.39 is 0 Å². The van der Waals surface area contributed by atoms with Gasteiger partial charge in [0.1, 0.15) is 10.1 Å². The van der Waals surface area contributed by atoms with Gasteiger partial charge in [-0.15, -0.1) is 23.5 Å². The highest BCUT2D eigenvalue weighted by atomic mass is 35.5. The van der Waals surface area contributed by atoms with Crippen molar-refractivity contribution in [1.29, 1.82) is 0 Å². The molecule has 1 heterocycles. The molecular formula is C12H11ClN2S2. The van der Waals surface area contributed by atoms with E-state index in [4.69, 9.17) is 11.6 Å². The molecule has 0 N–H and O–H groups in total. The summed E-state index contributed by atoms with van der Waals surface area (Å²) < 4.78 is 0. The van der Waals surface area contributed by atoms with Crippen molar-refractivity contribution in [2.75, 3.05) is 12.5 Å². The molecule has 2 nitrogen and oxygen atoms in total. The Balaban J connectivity index is 2.46. The largest absolute Gasteiger partial charge is 0.222 e. The molecule has 0 aliphatic rings. The summed E-state index contributed by atoms with van der Waals surface area (Å²) in [7, 11) is 0. The zero-order valence-corrected chi connectivity index (χ0v) is 11.9. The molecule has 0 saturated carbocycles. The molecule has 17 heavy (non-hydrogen) atoms. The van der Waals surface area contributed by atoms with Gasteiger partial charge in [-0.1, -0.05) is 11.6 Å². The summed E-state index contributed by atoms with van der Waals surface area (Å²) in [6.45, 7) is 0. The summed E-state index contributed by atoms with van der Waals surface area (Å²) in [6, 6.07) is 9.57. The van der Waals surface area contributed by atoms with Crippen molar-refractivity contribution in [3.63, 3.8) is 0 Å². The summed E-state index contributed by atoms with van der Waals surface area (Å²) in [5, 5.41) is 2.68. The summed E-state index contributed by atoms with van der Waals surface area (Å²) in [5.41, 5.74) is 0.987. The number of benzene rings is 1. The first-order chi connectivity index (χ1) is 8.22. The lowest BCUT2D eigenvalue weighted by Gasteiger charge is -2.05. The molecule has 2 rings (SSSR count). The summed E-state index contributed by atoms with van der Waals surface area (Å²) >= 11 is 9.11. The quantitative estimate of drug-likeness (QED) is 0.621. The smallest absolute Gasteiger partial charge is 0.161 e. The van der Waals surface area contributed by atoms with Crippen LogP contribution in [0, 0.1) is 0 Å². The topological polar surface area (TPSA) is 25.8 Å². The number of rotatable bonds is 3. The second-order valence-electron chi connectivity index (χ2n) is 3.28. The highest BCUT2D eigenvalue weighted by Gasteiger charge is 2.06. The van der Waals surface area contributed by atoms with E-state index in [1.807, 2.05) is 42.8 Å². The van der Waals surface area contributed by atoms with Gasteiger partial charge >= 0.3 is 0 Å². The molecule has 0 radical (unpaired) electrons. The van der Waals surface area contributed by atoms with Gasteiger partial charge in [-0.05, 0) is 36.8 Å². The molecule has 88 valence electrons. The maximum absolute atomic E-state index is 5.87. The van der Waals surface area contributed by atoms with Crippen LogP contribution in [0.25, 0.3) is 11.4 Å². The van der Waals surface area contributed by atoms with Crippen molar-refractivity contribution >= 4 is 35.1 Å². The molecule has 0 amide bonds. The van der Waals surface area contributed by atoms with Crippen LogP contribution in [0.2, 0.25) is 5.02 Å². The zero-order valence-electron chi connectivity index (χ0n) is 9.48. The highest BCUT2D eigenvalue weighted by molar-refractivity contribution is 7.99. The molecule has 0 fully saturated rings. The molecule has 1 aromatic carbocycles. The number of nitrogens with zero attached hydrogens (tertiary/aromatic N) is 2. The lowest BCUT2D eigenvalue weighted by Crippen LogP contribution is -1.92. The summed E-state index contributed by atoms with van der Waals surface area (Å²) in [5.74, 6) is 0.748. The van der Waals surface area contributed by atoms with Crippen LogP contribution in [0.15, 0.2) is 40.4 Å². The number of halogens is 1. The van der Waals surface area contributed by atoms with Crippen molar-refractivity contribution in [2.24, 2.45) is 0 Å². The molecule has 5 heteroatoms.